The van der Waals surface area contributed by atoms with Gasteiger partial charge in [-0.1, -0.05) is 6.42 Å². The summed E-state index contributed by atoms with van der Waals surface area (Å²) in [4.78, 5) is 6.43. The lowest BCUT2D eigenvalue weighted by Gasteiger charge is -2.26. The zero-order valence-corrected chi connectivity index (χ0v) is 20.8. The minimum Gasteiger partial charge on any atom is -0.492 e. The van der Waals surface area contributed by atoms with Crippen molar-refractivity contribution in [1.29, 1.82) is 0 Å². The Morgan fingerprint density at radius 2 is 1.81 bits per heavy atom. The number of benzene rings is 2. The maximum atomic E-state index is 12.8. The number of aromatic nitrogens is 1. The van der Waals surface area contributed by atoms with Crippen molar-refractivity contribution in [3.05, 3.63) is 47.8 Å². The van der Waals surface area contributed by atoms with E-state index in [0.29, 0.717) is 12.3 Å². The molecule has 0 saturated carbocycles. The van der Waals surface area contributed by atoms with E-state index in [1.54, 1.807) is 5.38 Å². The Labute approximate surface area is 210 Å². The van der Waals surface area contributed by atoms with Crippen molar-refractivity contribution in [1.82, 2.24) is 9.88 Å². The van der Waals surface area contributed by atoms with E-state index >= 15 is 0 Å². The smallest absolute Gasteiger partial charge is 0.492 e. The molecule has 4 rings (SSSR count). The molecule has 0 amide bonds. The highest BCUT2D eigenvalue weighted by atomic mass is 32.2. The molecule has 1 aromatic heterocycles. The monoisotopic (exact) mass is 542 g/mol. The summed E-state index contributed by atoms with van der Waals surface area (Å²) in [5.74, 6) is 0.121. The van der Waals surface area contributed by atoms with Gasteiger partial charge in [0.1, 0.15) is 12.4 Å². The van der Waals surface area contributed by atoms with Crippen LogP contribution in [-0.4, -0.2) is 50.9 Å². The average Bonchev–Trinajstić information content (AvgIpc) is 3.28. The number of nitrogens with two attached hydrogens (primary N) is 1. The van der Waals surface area contributed by atoms with E-state index in [2.05, 4.69) is 19.9 Å². The number of likely N-dealkylation sites (tertiary alicyclic amines) is 1. The molecule has 8 nitrogen and oxygen atoms in total. The third kappa shape index (κ3) is 7.32. The molecular weight excluding hydrogens is 517 g/mol. The minimum absolute atomic E-state index is 0.239. The van der Waals surface area contributed by atoms with Crippen molar-refractivity contribution in [2.75, 3.05) is 31.6 Å². The van der Waals surface area contributed by atoms with Crippen LogP contribution in [0.5, 0.6) is 11.5 Å². The van der Waals surface area contributed by atoms with Crippen LogP contribution in [0.25, 0.3) is 11.3 Å². The summed E-state index contributed by atoms with van der Waals surface area (Å²) in [5.41, 5.74) is 1.13. The van der Waals surface area contributed by atoms with E-state index in [9.17, 15) is 21.6 Å². The molecule has 0 atom stereocenters. The summed E-state index contributed by atoms with van der Waals surface area (Å²) in [5, 5.41) is 9.78. The van der Waals surface area contributed by atoms with Crippen LogP contribution in [0.4, 0.5) is 24.0 Å². The molecule has 0 radical (unpaired) electrons. The van der Waals surface area contributed by atoms with Gasteiger partial charge in [0, 0.05) is 17.5 Å². The van der Waals surface area contributed by atoms with Gasteiger partial charge >= 0.3 is 6.36 Å². The van der Waals surface area contributed by atoms with Crippen LogP contribution < -0.4 is 19.9 Å². The second-order valence-electron chi connectivity index (χ2n) is 8.19. The summed E-state index contributed by atoms with van der Waals surface area (Å²) >= 11 is 1.14. The van der Waals surface area contributed by atoms with E-state index < -0.39 is 22.1 Å². The van der Waals surface area contributed by atoms with Gasteiger partial charge in [0.15, 0.2) is 10.9 Å². The Morgan fingerprint density at radius 1 is 1.08 bits per heavy atom. The molecule has 0 unspecified atom stereocenters. The largest absolute Gasteiger partial charge is 0.573 e. The first-order valence-corrected chi connectivity index (χ1v) is 13.6. The molecule has 2 heterocycles. The lowest BCUT2D eigenvalue weighted by atomic mass is 10.1. The van der Waals surface area contributed by atoms with E-state index in [1.807, 2.05) is 24.3 Å². The van der Waals surface area contributed by atoms with Gasteiger partial charge in [0.05, 0.1) is 16.3 Å². The summed E-state index contributed by atoms with van der Waals surface area (Å²) < 4.78 is 71.6. The minimum atomic E-state index is -4.97. The Morgan fingerprint density at radius 3 is 2.47 bits per heavy atom. The van der Waals surface area contributed by atoms with Gasteiger partial charge in [-0.25, -0.2) is 18.5 Å². The van der Waals surface area contributed by atoms with Gasteiger partial charge in [0.25, 0.3) is 0 Å². The molecule has 0 spiro atoms. The van der Waals surface area contributed by atoms with Crippen molar-refractivity contribution in [3.63, 3.8) is 0 Å². The zero-order chi connectivity index (χ0) is 25.8. The number of nitrogens with one attached hydrogen (secondary N) is 1. The number of halogens is 3. The molecule has 3 N–H and O–H groups in total. The van der Waals surface area contributed by atoms with Gasteiger partial charge in [0.2, 0.25) is 10.0 Å². The van der Waals surface area contributed by atoms with Crippen molar-refractivity contribution >= 4 is 32.2 Å². The van der Waals surface area contributed by atoms with Gasteiger partial charge in [-0.05, 0) is 68.4 Å². The number of hydrogen-bond donors (Lipinski definition) is 2. The van der Waals surface area contributed by atoms with Crippen LogP contribution in [0.3, 0.4) is 0 Å². The Balaban J connectivity index is 1.43. The number of thiazole rings is 1. The molecule has 1 aliphatic rings. The van der Waals surface area contributed by atoms with E-state index in [-0.39, 0.29) is 15.7 Å². The summed E-state index contributed by atoms with van der Waals surface area (Å²) in [6, 6.07) is 10.1. The first-order valence-electron chi connectivity index (χ1n) is 11.2. The summed E-state index contributed by atoms with van der Waals surface area (Å²) in [6.07, 6.45) is -1.22. The molecular formula is C23H25F3N4O4S2. The number of hydrogen-bond acceptors (Lipinski definition) is 8. The van der Waals surface area contributed by atoms with Gasteiger partial charge in [-0.3, -0.25) is 4.90 Å². The molecule has 36 heavy (non-hydrogen) atoms. The van der Waals surface area contributed by atoms with Crippen LogP contribution in [0, 0.1) is 0 Å². The van der Waals surface area contributed by atoms with E-state index in [4.69, 9.17) is 9.88 Å². The number of nitrogens with zero attached hydrogens (tertiary/aromatic N) is 2. The maximum Gasteiger partial charge on any atom is 0.573 e. The number of ether oxygens (including phenoxy) is 2. The standard InChI is InChI=1S/C23H25F3N4O4S2/c24-23(25,26)34-21-9-8-18(36(27,31)32)14-19(21)28-22-29-20(15-35-22)16-4-6-17(7-5-16)33-13-12-30-10-2-1-3-11-30/h4-9,14-15H,1-3,10-13H2,(H,28,29)(H2,27,31,32). The first kappa shape index (κ1) is 26.2. The topological polar surface area (TPSA) is 107 Å². The average molecular weight is 543 g/mol. The Hall–Kier alpha value is -2.87. The van der Waals surface area contributed by atoms with Crippen LogP contribution in [0.1, 0.15) is 19.3 Å². The zero-order valence-electron chi connectivity index (χ0n) is 19.1. The lowest BCUT2D eigenvalue weighted by Crippen LogP contribution is -2.33. The van der Waals surface area contributed by atoms with Crippen molar-refractivity contribution in [2.24, 2.45) is 5.14 Å². The highest BCUT2D eigenvalue weighted by Gasteiger charge is 2.32. The second kappa shape index (κ2) is 11.0. The molecule has 2 aromatic carbocycles. The van der Waals surface area contributed by atoms with Crippen LogP contribution in [0.15, 0.2) is 52.7 Å². The number of anilines is 2. The first-order chi connectivity index (χ1) is 17.1. The lowest BCUT2D eigenvalue weighted by molar-refractivity contribution is -0.274. The fourth-order valence-electron chi connectivity index (χ4n) is 3.77. The van der Waals surface area contributed by atoms with Crippen molar-refractivity contribution in [2.45, 2.75) is 30.5 Å². The molecule has 1 aliphatic heterocycles. The predicted molar refractivity (Wildman–Crippen MR) is 131 cm³/mol. The molecule has 1 fully saturated rings. The normalized spacial score (nSPS) is 15.0. The third-order valence-corrected chi connectivity index (χ3v) is 7.19. The van der Waals surface area contributed by atoms with Gasteiger partial charge in [-0.2, -0.15) is 0 Å². The number of sulfonamides is 1. The predicted octanol–water partition coefficient (Wildman–Crippen LogP) is 4.96. The van der Waals surface area contributed by atoms with Crippen LogP contribution in [0.2, 0.25) is 0 Å². The molecule has 13 heteroatoms. The van der Waals surface area contributed by atoms with Gasteiger partial charge < -0.3 is 14.8 Å². The third-order valence-electron chi connectivity index (χ3n) is 5.53. The number of rotatable bonds is 9. The van der Waals surface area contributed by atoms with Crippen LogP contribution in [-0.2, 0) is 10.0 Å². The van der Waals surface area contributed by atoms with E-state index in [1.165, 1.54) is 19.3 Å². The quantitative estimate of drug-likeness (QED) is 0.393. The molecule has 1 saturated heterocycles. The number of alkyl halides is 3. The molecule has 194 valence electrons. The fraction of sp³-hybridized carbons (Fsp3) is 0.348. The SMILES string of the molecule is NS(=O)(=O)c1ccc(OC(F)(F)F)c(Nc2nc(-c3ccc(OCCN4CCCCC4)cc3)cs2)c1. The van der Waals surface area contributed by atoms with Gasteiger partial charge in [-0.15, -0.1) is 24.5 Å². The van der Waals surface area contributed by atoms with E-state index in [0.717, 1.165) is 60.5 Å². The number of primary sulfonamides is 1. The fourth-order valence-corrected chi connectivity index (χ4v) is 5.05. The van der Waals surface area contributed by atoms with Crippen LogP contribution >= 0.6 is 11.3 Å². The highest BCUT2D eigenvalue weighted by molar-refractivity contribution is 7.89. The summed E-state index contributed by atoms with van der Waals surface area (Å²) in [6.45, 7) is 3.71. The van der Waals surface area contributed by atoms with Crippen molar-refractivity contribution in [3.8, 4) is 22.8 Å². The molecule has 0 bridgehead atoms. The maximum absolute atomic E-state index is 12.8. The summed E-state index contributed by atoms with van der Waals surface area (Å²) in [7, 11) is -4.14. The van der Waals surface area contributed by atoms with Crippen molar-refractivity contribution < 1.29 is 31.1 Å². The highest BCUT2D eigenvalue weighted by Crippen LogP contribution is 2.36. The molecule has 0 aliphatic carbocycles. The number of piperidine rings is 1. The molecule has 3 aromatic rings. The Kier molecular flexibility index (Phi) is 8.03. The Bertz CT molecular complexity index is 1280. The second-order valence-corrected chi connectivity index (χ2v) is 10.6.